The lowest BCUT2D eigenvalue weighted by Crippen LogP contribution is -2.51. The van der Waals surface area contributed by atoms with E-state index in [1.165, 1.54) is 24.1 Å². The van der Waals surface area contributed by atoms with Crippen molar-refractivity contribution in [3.63, 3.8) is 0 Å². The van der Waals surface area contributed by atoms with E-state index in [1.807, 2.05) is 0 Å². The van der Waals surface area contributed by atoms with Gasteiger partial charge in [0.2, 0.25) is 5.91 Å². The molecule has 30 heavy (non-hydrogen) atoms. The Balaban J connectivity index is 1.61. The summed E-state index contributed by atoms with van der Waals surface area (Å²) >= 11 is 0. The third kappa shape index (κ3) is 3.03. The number of nitro benzene ring substituents is 1. The van der Waals surface area contributed by atoms with Crippen LogP contribution in [0.15, 0.2) is 18.2 Å². The van der Waals surface area contributed by atoms with Crippen molar-refractivity contribution < 1.29 is 28.8 Å². The van der Waals surface area contributed by atoms with Crippen molar-refractivity contribution in [1.29, 1.82) is 0 Å². The number of likely N-dealkylation sites (tertiary alicyclic amines) is 1. The molecule has 2 aliphatic heterocycles. The standard InChI is InChI=1S/C20H21N3O7/c1-30-20(27)15-9-11-5-2-3-7-13(11)22(15)16(24)10-21-18(25)12-6-4-8-14(23(28)29)17(12)19(21)26/h4,6,8,11,13,15H,2-3,5,7,9-10H2,1H3. The molecule has 1 saturated heterocycles. The van der Waals surface area contributed by atoms with Crippen LogP contribution in [0.4, 0.5) is 5.69 Å². The number of carbonyl (C=O) groups is 4. The normalized spacial score (nSPS) is 25.2. The first-order chi connectivity index (χ1) is 14.3. The summed E-state index contributed by atoms with van der Waals surface area (Å²) < 4.78 is 4.87. The fraction of sp³-hybridized carbons (Fsp3) is 0.500. The molecule has 1 aromatic rings. The lowest BCUT2D eigenvalue weighted by Gasteiger charge is -2.34. The number of carbonyl (C=O) groups excluding carboxylic acids is 4. The predicted octanol–water partition coefficient (Wildman–Crippen LogP) is 1.52. The summed E-state index contributed by atoms with van der Waals surface area (Å²) in [7, 11) is 1.26. The monoisotopic (exact) mass is 415 g/mol. The first-order valence-electron chi connectivity index (χ1n) is 9.87. The number of benzene rings is 1. The molecule has 10 heteroatoms. The fourth-order valence-corrected chi connectivity index (χ4v) is 4.99. The average Bonchev–Trinajstić information content (AvgIpc) is 3.24. The molecular formula is C20H21N3O7. The van der Waals surface area contributed by atoms with Gasteiger partial charge in [0.25, 0.3) is 17.5 Å². The van der Waals surface area contributed by atoms with E-state index >= 15 is 0 Å². The number of hydrogen-bond acceptors (Lipinski definition) is 7. The molecule has 4 rings (SSSR count). The van der Waals surface area contributed by atoms with Crippen molar-refractivity contribution in [1.82, 2.24) is 9.80 Å². The van der Waals surface area contributed by atoms with Crippen molar-refractivity contribution in [2.75, 3.05) is 13.7 Å². The minimum absolute atomic E-state index is 0.0940. The first-order valence-corrected chi connectivity index (χ1v) is 9.87. The molecule has 1 aromatic carbocycles. The van der Waals surface area contributed by atoms with Gasteiger partial charge in [-0.25, -0.2) is 4.79 Å². The van der Waals surface area contributed by atoms with Crippen LogP contribution in [0.3, 0.4) is 0 Å². The molecule has 3 aliphatic rings. The third-order valence-electron chi connectivity index (χ3n) is 6.32. The van der Waals surface area contributed by atoms with E-state index in [4.69, 9.17) is 4.74 Å². The highest BCUT2D eigenvalue weighted by Gasteiger charge is 2.49. The lowest BCUT2D eigenvalue weighted by atomic mass is 9.85. The van der Waals surface area contributed by atoms with Crippen LogP contribution in [0, 0.1) is 16.0 Å². The van der Waals surface area contributed by atoms with E-state index in [0.29, 0.717) is 6.42 Å². The van der Waals surface area contributed by atoms with E-state index in [9.17, 15) is 29.3 Å². The van der Waals surface area contributed by atoms with Crippen LogP contribution >= 0.6 is 0 Å². The second-order valence-corrected chi connectivity index (χ2v) is 7.84. The molecule has 1 saturated carbocycles. The number of rotatable bonds is 4. The van der Waals surface area contributed by atoms with E-state index in [0.717, 1.165) is 36.6 Å². The predicted molar refractivity (Wildman–Crippen MR) is 101 cm³/mol. The number of imide groups is 1. The molecule has 158 valence electrons. The molecule has 1 aliphatic carbocycles. The summed E-state index contributed by atoms with van der Waals surface area (Å²) in [5.41, 5.74) is -0.869. The number of amides is 3. The van der Waals surface area contributed by atoms with Crippen LogP contribution < -0.4 is 0 Å². The van der Waals surface area contributed by atoms with Crippen LogP contribution in [0.25, 0.3) is 0 Å². The van der Waals surface area contributed by atoms with Crippen LogP contribution in [-0.2, 0) is 14.3 Å². The second kappa shape index (κ2) is 7.51. The maximum absolute atomic E-state index is 13.2. The highest BCUT2D eigenvalue weighted by atomic mass is 16.6. The number of fused-ring (bicyclic) bond motifs is 2. The van der Waals surface area contributed by atoms with Gasteiger partial charge in [0.05, 0.1) is 17.6 Å². The quantitative estimate of drug-likeness (QED) is 0.316. The minimum atomic E-state index is -0.871. The molecule has 0 radical (unpaired) electrons. The van der Waals surface area contributed by atoms with E-state index in [2.05, 4.69) is 0 Å². The summed E-state index contributed by atoms with van der Waals surface area (Å²) in [6, 6.07) is 2.92. The van der Waals surface area contributed by atoms with Crippen molar-refractivity contribution >= 4 is 29.4 Å². The Labute approximate surface area is 171 Å². The van der Waals surface area contributed by atoms with Gasteiger partial charge in [-0.2, -0.15) is 0 Å². The molecule has 10 nitrogen and oxygen atoms in total. The van der Waals surface area contributed by atoms with Gasteiger partial charge in [-0.3, -0.25) is 29.4 Å². The number of nitro groups is 1. The van der Waals surface area contributed by atoms with Crippen molar-refractivity contribution in [2.45, 2.75) is 44.2 Å². The number of ether oxygens (including phenoxy) is 1. The van der Waals surface area contributed by atoms with Gasteiger partial charge in [-0.05, 0) is 31.2 Å². The molecule has 0 bridgehead atoms. The smallest absolute Gasteiger partial charge is 0.328 e. The highest BCUT2D eigenvalue weighted by molar-refractivity contribution is 6.24. The first kappa shape index (κ1) is 20.0. The zero-order chi connectivity index (χ0) is 21.6. The summed E-state index contributed by atoms with van der Waals surface area (Å²) in [6.07, 6.45) is 4.10. The Hall–Kier alpha value is -3.30. The van der Waals surface area contributed by atoms with Gasteiger partial charge >= 0.3 is 5.97 Å². The zero-order valence-corrected chi connectivity index (χ0v) is 16.4. The van der Waals surface area contributed by atoms with Gasteiger partial charge in [0, 0.05) is 12.1 Å². The molecule has 0 N–H and O–H groups in total. The summed E-state index contributed by atoms with van der Waals surface area (Å²) in [4.78, 5) is 63.7. The Morgan fingerprint density at radius 2 is 1.93 bits per heavy atom. The highest BCUT2D eigenvalue weighted by Crippen LogP contribution is 2.40. The second-order valence-electron chi connectivity index (χ2n) is 7.84. The Kier molecular flexibility index (Phi) is 5.00. The SMILES string of the molecule is COC(=O)C1CC2CCCCC2N1C(=O)CN1C(=O)c2cccc([N+](=O)[O-])c2C1=O. The van der Waals surface area contributed by atoms with Gasteiger partial charge in [-0.15, -0.1) is 0 Å². The van der Waals surface area contributed by atoms with E-state index in [-0.39, 0.29) is 23.1 Å². The van der Waals surface area contributed by atoms with Crippen molar-refractivity contribution in [2.24, 2.45) is 5.92 Å². The fourth-order valence-electron chi connectivity index (χ4n) is 4.99. The zero-order valence-electron chi connectivity index (χ0n) is 16.4. The largest absolute Gasteiger partial charge is 0.467 e. The molecule has 3 unspecified atom stereocenters. The van der Waals surface area contributed by atoms with Crippen molar-refractivity contribution in [3.8, 4) is 0 Å². The number of esters is 1. The Bertz CT molecular complexity index is 960. The molecule has 0 spiro atoms. The maximum Gasteiger partial charge on any atom is 0.328 e. The van der Waals surface area contributed by atoms with Gasteiger partial charge in [0.15, 0.2) is 0 Å². The molecular weight excluding hydrogens is 394 g/mol. The van der Waals surface area contributed by atoms with Gasteiger partial charge < -0.3 is 9.64 Å². The Morgan fingerprint density at radius 3 is 2.63 bits per heavy atom. The lowest BCUT2D eigenvalue weighted by molar-refractivity contribution is -0.385. The minimum Gasteiger partial charge on any atom is -0.467 e. The van der Waals surface area contributed by atoms with Crippen LogP contribution in [0.5, 0.6) is 0 Å². The van der Waals surface area contributed by atoms with Gasteiger partial charge in [0.1, 0.15) is 18.2 Å². The molecule has 2 heterocycles. The summed E-state index contributed by atoms with van der Waals surface area (Å²) in [6.45, 7) is -0.569. The molecule has 3 atom stereocenters. The molecule has 2 fully saturated rings. The van der Waals surface area contributed by atoms with E-state index in [1.54, 1.807) is 0 Å². The topological polar surface area (TPSA) is 127 Å². The van der Waals surface area contributed by atoms with Crippen LogP contribution in [-0.4, -0.2) is 64.2 Å². The number of nitrogens with zero attached hydrogens (tertiary/aromatic N) is 3. The van der Waals surface area contributed by atoms with Crippen LogP contribution in [0.2, 0.25) is 0 Å². The Morgan fingerprint density at radius 1 is 1.20 bits per heavy atom. The maximum atomic E-state index is 13.2. The molecule has 0 aromatic heterocycles. The van der Waals surface area contributed by atoms with Crippen LogP contribution in [0.1, 0.15) is 52.8 Å². The van der Waals surface area contributed by atoms with E-state index < -0.39 is 46.9 Å². The summed E-state index contributed by atoms with van der Waals surface area (Å²) in [5, 5.41) is 11.3. The average molecular weight is 415 g/mol. The van der Waals surface area contributed by atoms with Gasteiger partial charge in [-0.1, -0.05) is 18.9 Å². The number of hydrogen-bond donors (Lipinski definition) is 0. The molecule has 3 amide bonds. The van der Waals surface area contributed by atoms with Crippen molar-refractivity contribution in [3.05, 3.63) is 39.4 Å². The number of methoxy groups -OCH3 is 1. The third-order valence-corrected chi connectivity index (χ3v) is 6.32. The summed E-state index contributed by atoms with van der Waals surface area (Å²) in [5.74, 6) is -2.49.